The van der Waals surface area contributed by atoms with Crippen LogP contribution < -0.4 is 0 Å². The van der Waals surface area contributed by atoms with E-state index in [1.807, 2.05) is 18.4 Å². The molecule has 0 aliphatic rings. The van der Waals surface area contributed by atoms with Gasteiger partial charge in [-0.3, -0.25) is 4.79 Å². The molecular weight excluding hydrogens is 332 g/mol. The second-order valence-corrected chi connectivity index (χ2v) is 6.00. The zero-order chi connectivity index (χ0) is 14.4. The first-order valence-corrected chi connectivity index (χ1v) is 7.56. The topological polar surface area (TPSA) is 60.9 Å². The summed E-state index contributed by atoms with van der Waals surface area (Å²) in [6.07, 6.45) is -0.0298. The number of rotatable bonds is 6. The predicted octanol–water partition coefficient (Wildman–Crippen LogP) is 2.86. The highest BCUT2D eigenvalue weighted by atomic mass is 79.9. The highest BCUT2D eigenvalue weighted by Gasteiger charge is 2.17. The van der Waals surface area contributed by atoms with E-state index in [0.717, 1.165) is 9.35 Å². The molecule has 0 aliphatic carbocycles. The SMILES string of the molecule is CCN(CCC(=O)O)C(=O)N(C)Cc1cc(Br)cs1. The maximum Gasteiger partial charge on any atom is 0.320 e. The molecule has 19 heavy (non-hydrogen) atoms. The van der Waals surface area contributed by atoms with E-state index < -0.39 is 5.97 Å². The van der Waals surface area contributed by atoms with Crippen LogP contribution in [0.15, 0.2) is 15.9 Å². The molecule has 1 heterocycles. The number of carboxylic acid groups (broad SMARTS) is 1. The number of carbonyl (C=O) groups is 2. The molecule has 0 radical (unpaired) electrons. The number of hydrogen-bond acceptors (Lipinski definition) is 3. The van der Waals surface area contributed by atoms with Crippen molar-refractivity contribution < 1.29 is 14.7 Å². The van der Waals surface area contributed by atoms with E-state index in [4.69, 9.17) is 5.11 Å². The van der Waals surface area contributed by atoms with Crippen LogP contribution in [-0.4, -0.2) is 47.0 Å². The smallest absolute Gasteiger partial charge is 0.320 e. The summed E-state index contributed by atoms with van der Waals surface area (Å²) >= 11 is 4.95. The van der Waals surface area contributed by atoms with E-state index in [1.165, 1.54) is 4.90 Å². The van der Waals surface area contributed by atoms with Crippen LogP contribution in [0.25, 0.3) is 0 Å². The molecule has 1 N–H and O–H groups in total. The third-order valence-electron chi connectivity index (χ3n) is 2.59. The van der Waals surface area contributed by atoms with Crippen molar-refractivity contribution >= 4 is 39.3 Å². The Balaban J connectivity index is 2.56. The summed E-state index contributed by atoms with van der Waals surface area (Å²) in [6, 6.07) is 1.83. The molecule has 0 atom stereocenters. The third-order valence-corrected chi connectivity index (χ3v) is 4.27. The second kappa shape index (κ2) is 7.49. The maximum atomic E-state index is 12.1. The minimum absolute atomic E-state index is 0.0298. The van der Waals surface area contributed by atoms with Crippen molar-refractivity contribution in [2.24, 2.45) is 0 Å². The highest BCUT2D eigenvalue weighted by Crippen LogP contribution is 2.21. The summed E-state index contributed by atoms with van der Waals surface area (Å²) in [7, 11) is 1.72. The van der Waals surface area contributed by atoms with Crippen LogP contribution in [0.5, 0.6) is 0 Å². The first-order chi connectivity index (χ1) is 8.93. The van der Waals surface area contributed by atoms with Crippen LogP contribution in [0.3, 0.4) is 0 Å². The number of carboxylic acids is 1. The number of hydrogen-bond donors (Lipinski definition) is 1. The van der Waals surface area contributed by atoms with Crippen LogP contribution in [0.1, 0.15) is 18.2 Å². The minimum atomic E-state index is -0.893. The van der Waals surface area contributed by atoms with Gasteiger partial charge in [0, 0.05) is 34.9 Å². The van der Waals surface area contributed by atoms with Gasteiger partial charge in [-0.05, 0) is 28.9 Å². The first kappa shape index (κ1) is 16.0. The molecule has 2 amide bonds. The third kappa shape index (κ3) is 5.20. The molecule has 106 valence electrons. The van der Waals surface area contributed by atoms with Gasteiger partial charge in [0.15, 0.2) is 0 Å². The summed E-state index contributed by atoms with van der Waals surface area (Å²) in [6.45, 7) is 3.11. The van der Waals surface area contributed by atoms with E-state index >= 15 is 0 Å². The predicted molar refractivity (Wildman–Crippen MR) is 78.4 cm³/mol. The first-order valence-electron chi connectivity index (χ1n) is 5.88. The summed E-state index contributed by atoms with van der Waals surface area (Å²) in [5.41, 5.74) is 0. The molecule has 1 aromatic rings. The molecule has 5 nitrogen and oxygen atoms in total. The fourth-order valence-electron chi connectivity index (χ4n) is 1.60. The standard InChI is InChI=1S/C12H17BrN2O3S/c1-3-15(5-4-11(16)17)12(18)14(2)7-10-6-9(13)8-19-10/h6,8H,3-5,7H2,1-2H3,(H,16,17). The lowest BCUT2D eigenvalue weighted by Gasteiger charge is -2.26. The Bertz CT molecular complexity index is 450. The van der Waals surface area contributed by atoms with Crippen LogP contribution in [0.2, 0.25) is 0 Å². The number of urea groups is 1. The zero-order valence-corrected chi connectivity index (χ0v) is 13.3. The van der Waals surface area contributed by atoms with E-state index in [-0.39, 0.29) is 19.0 Å². The van der Waals surface area contributed by atoms with Gasteiger partial charge < -0.3 is 14.9 Å². The Morgan fingerprint density at radius 1 is 1.47 bits per heavy atom. The molecule has 0 aliphatic heterocycles. The van der Waals surface area contributed by atoms with Gasteiger partial charge in [0.2, 0.25) is 0 Å². The molecule has 7 heteroatoms. The summed E-state index contributed by atoms with van der Waals surface area (Å²) in [5.74, 6) is -0.893. The van der Waals surface area contributed by atoms with E-state index in [2.05, 4.69) is 15.9 Å². The van der Waals surface area contributed by atoms with Crippen molar-refractivity contribution in [2.45, 2.75) is 19.9 Å². The number of amides is 2. The van der Waals surface area contributed by atoms with Gasteiger partial charge in [-0.2, -0.15) is 0 Å². The van der Waals surface area contributed by atoms with Gasteiger partial charge in [0.25, 0.3) is 0 Å². The lowest BCUT2D eigenvalue weighted by molar-refractivity contribution is -0.137. The van der Waals surface area contributed by atoms with Crippen molar-refractivity contribution in [3.63, 3.8) is 0 Å². The zero-order valence-electron chi connectivity index (χ0n) is 10.9. The van der Waals surface area contributed by atoms with Gasteiger partial charge in [0.05, 0.1) is 13.0 Å². The molecule has 0 fully saturated rings. The number of thiophene rings is 1. The van der Waals surface area contributed by atoms with Crippen molar-refractivity contribution in [3.05, 3.63) is 20.8 Å². The van der Waals surface area contributed by atoms with Crippen LogP contribution in [0, 0.1) is 0 Å². The number of halogens is 1. The Kier molecular flexibility index (Phi) is 6.30. The van der Waals surface area contributed by atoms with Crippen molar-refractivity contribution in [1.82, 2.24) is 9.80 Å². The lowest BCUT2D eigenvalue weighted by Crippen LogP contribution is -2.41. The van der Waals surface area contributed by atoms with Crippen LogP contribution in [-0.2, 0) is 11.3 Å². The molecule has 0 saturated carbocycles. The summed E-state index contributed by atoms with van der Waals surface area (Å²) in [5, 5.41) is 10.6. The summed E-state index contributed by atoms with van der Waals surface area (Å²) in [4.78, 5) is 26.9. The lowest BCUT2D eigenvalue weighted by atomic mass is 10.4. The van der Waals surface area contributed by atoms with Gasteiger partial charge in [0.1, 0.15) is 0 Å². The Labute approximate surface area is 124 Å². The fourth-order valence-corrected chi connectivity index (χ4v) is 3.10. The molecular formula is C12H17BrN2O3S. The molecule has 0 saturated heterocycles. The maximum absolute atomic E-state index is 12.1. The van der Waals surface area contributed by atoms with Gasteiger partial charge in [-0.25, -0.2) is 4.79 Å². The Morgan fingerprint density at radius 3 is 2.63 bits per heavy atom. The molecule has 0 bridgehead atoms. The van der Waals surface area contributed by atoms with Crippen LogP contribution in [0.4, 0.5) is 4.79 Å². The molecule has 1 rings (SSSR count). The van der Waals surface area contributed by atoms with Crippen molar-refractivity contribution in [3.8, 4) is 0 Å². The molecule has 1 aromatic heterocycles. The quantitative estimate of drug-likeness (QED) is 0.859. The van der Waals surface area contributed by atoms with Gasteiger partial charge in [-0.15, -0.1) is 11.3 Å². The van der Waals surface area contributed by atoms with Gasteiger partial charge >= 0.3 is 12.0 Å². The Morgan fingerprint density at radius 2 is 2.16 bits per heavy atom. The number of carbonyl (C=O) groups excluding carboxylic acids is 1. The van der Waals surface area contributed by atoms with E-state index in [1.54, 1.807) is 23.3 Å². The van der Waals surface area contributed by atoms with Crippen molar-refractivity contribution in [1.29, 1.82) is 0 Å². The monoisotopic (exact) mass is 348 g/mol. The van der Waals surface area contributed by atoms with Crippen molar-refractivity contribution in [2.75, 3.05) is 20.1 Å². The minimum Gasteiger partial charge on any atom is -0.481 e. The number of nitrogens with zero attached hydrogens (tertiary/aromatic N) is 2. The average molecular weight is 349 g/mol. The molecule has 0 aromatic carbocycles. The van der Waals surface area contributed by atoms with E-state index in [0.29, 0.717) is 13.1 Å². The van der Waals surface area contributed by atoms with E-state index in [9.17, 15) is 9.59 Å². The van der Waals surface area contributed by atoms with Crippen LogP contribution >= 0.6 is 27.3 Å². The highest BCUT2D eigenvalue weighted by molar-refractivity contribution is 9.10. The fraction of sp³-hybridized carbons (Fsp3) is 0.500. The summed E-state index contributed by atoms with van der Waals surface area (Å²) < 4.78 is 1.01. The largest absolute Gasteiger partial charge is 0.481 e. The molecule has 0 spiro atoms. The van der Waals surface area contributed by atoms with Gasteiger partial charge in [-0.1, -0.05) is 0 Å². The Hall–Kier alpha value is -1.08. The normalized spacial score (nSPS) is 10.3. The molecule has 0 unspecified atom stereocenters. The number of aliphatic carboxylic acids is 1. The second-order valence-electron chi connectivity index (χ2n) is 4.09. The average Bonchev–Trinajstić information content (AvgIpc) is 2.74.